The Morgan fingerprint density at radius 1 is 1.37 bits per heavy atom. The van der Waals surface area contributed by atoms with Crippen LogP contribution in [0, 0.1) is 0 Å². The fraction of sp³-hybridized carbons (Fsp3) is 0.462. The fourth-order valence-electron chi connectivity index (χ4n) is 1.70. The molecule has 0 atom stereocenters. The highest BCUT2D eigenvalue weighted by atomic mass is 35.5. The maximum atomic E-state index is 12.6. The van der Waals surface area contributed by atoms with Crippen molar-refractivity contribution < 1.29 is 18.0 Å². The molecular formula is C13H15ClF3NO. The number of carbonyl (C=O) groups is 1. The molecule has 0 unspecified atom stereocenters. The largest absolute Gasteiger partial charge is 0.405 e. The summed E-state index contributed by atoms with van der Waals surface area (Å²) in [7, 11) is 0. The van der Waals surface area contributed by atoms with E-state index in [1.165, 1.54) is 25.1 Å². The zero-order chi connectivity index (χ0) is 14.8. The molecular weight excluding hydrogens is 279 g/mol. The van der Waals surface area contributed by atoms with Crippen molar-refractivity contribution in [1.82, 2.24) is 0 Å². The number of alkyl halides is 3. The zero-order valence-corrected chi connectivity index (χ0v) is 11.6. The van der Waals surface area contributed by atoms with E-state index in [0.717, 1.165) is 4.90 Å². The van der Waals surface area contributed by atoms with Crippen molar-refractivity contribution in [2.45, 2.75) is 33.0 Å². The highest BCUT2D eigenvalue weighted by Gasteiger charge is 2.32. The van der Waals surface area contributed by atoms with Gasteiger partial charge in [0.1, 0.15) is 6.54 Å². The lowest BCUT2D eigenvalue weighted by Gasteiger charge is -2.30. The summed E-state index contributed by atoms with van der Waals surface area (Å²) < 4.78 is 37.7. The first-order valence-corrected chi connectivity index (χ1v) is 6.13. The number of hydrogen-bond donors (Lipinski definition) is 0. The molecule has 0 bridgehead atoms. The van der Waals surface area contributed by atoms with E-state index in [0.29, 0.717) is 5.56 Å². The van der Waals surface area contributed by atoms with Gasteiger partial charge in [-0.2, -0.15) is 13.2 Å². The summed E-state index contributed by atoms with van der Waals surface area (Å²) in [5.41, 5.74) is 0.656. The van der Waals surface area contributed by atoms with Crippen LogP contribution in [0.4, 0.5) is 18.9 Å². The van der Waals surface area contributed by atoms with Crippen molar-refractivity contribution in [3.63, 3.8) is 0 Å². The molecule has 0 spiro atoms. The van der Waals surface area contributed by atoms with Crippen LogP contribution in [0.5, 0.6) is 0 Å². The Hall–Kier alpha value is -1.23. The molecule has 0 radical (unpaired) electrons. The summed E-state index contributed by atoms with van der Waals surface area (Å²) in [6.45, 7) is 3.60. The molecule has 0 aliphatic carbocycles. The number of carbonyl (C=O) groups excluding carboxylic acids is 1. The van der Waals surface area contributed by atoms with Gasteiger partial charge in [0.2, 0.25) is 0 Å². The number of anilines is 1. The number of nitrogens with zero attached hydrogens (tertiary/aromatic N) is 1. The Kier molecular flexibility index (Phi) is 4.85. The number of benzene rings is 1. The number of halogens is 4. The van der Waals surface area contributed by atoms with E-state index < -0.39 is 12.7 Å². The van der Waals surface area contributed by atoms with Gasteiger partial charge in [0.05, 0.1) is 10.7 Å². The first kappa shape index (κ1) is 15.8. The average Bonchev–Trinajstić information content (AvgIpc) is 2.24. The molecule has 0 saturated heterocycles. The standard InChI is InChI=1S/C13H15ClF3NO/c1-8(2)18(7-13(15,16)17)12-5-4-10(9(3)19)6-11(12)14/h4-6,8H,7H2,1-3H3. The van der Waals surface area contributed by atoms with Crippen molar-refractivity contribution >= 4 is 23.1 Å². The topological polar surface area (TPSA) is 20.3 Å². The lowest BCUT2D eigenvalue weighted by atomic mass is 10.1. The Bertz CT molecular complexity index is 471. The van der Waals surface area contributed by atoms with Crippen LogP contribution < -0.4 is 4.90 Å². The Morgan fingerprint density at radius 3 is 2.32 bits per heavy atom. The fourth-order valence-corrected chi connectivity index (χ4v) is 1.99. The minimum atomic E-state index is -4.31. The number of ketones is 1. The third kappa shape index (κ3) is 4.42. The SMILES string of the molecule is CC(=O)c1ccc(N(CC(F)(F)F)C(C)C)c(Cl)c1. The van der Waals surface area contributed by atoms with Crippen LogP contribution in [-0.2, 0) is 0 Å². The molecule has 0 aliphatic rings. The van der Waals surface area contributed by atoms with Gasteiger partial charge in [0.15, 0.2) is 5.78 Å². The van der Waals surface area contributed by atoms with Gasteiger partial charge >= 0.3 is 6.18 Å². The lowest BCUT2D eigenvalue weighted by molar-refractivity contribution is -0.120. The zero-order valence-electron chi connectivity index (χ0n) is 10.9. The van der Waals surface area contributed by atoms with Crippen LogP contribution >= 0.6 is 11.6 Å². The van der Waals surface area contributed by atoms with Gasteiger partial charge in [-0.15, -0.1) is 0 Å². The number of Topliss-reactive ketones (excluding diaryl/α,β-unsaturated/α-hetero) is 1. The van der Waals surface area contributed by atoms with Gasteiger partial charge in [-0.05, 0) is 39.0 Å². The van der Waals surface area contributed by atoms with E-state index in [9.17, 15) is 18.0 Å². The van der Waals surface area contributed by atoms with E-state index in [2.05, 4.69) is 0 Å². The molecule has 106 valence electrons. The Morgan fingerprint density at radius 2 is 1.95 bits per heavy atom. The van der Waals surface area contributed by atoms with Crippen molar-refractivity contribution in [2.75, 3.05) is 11.4 Å². The van der Waals surface area contributed by atoms with Crippen molar-refractivity contribution in [3.05, 3.63) is 28.8 Å². The summed E-state index contributed by atoms with van der Waals surface area (Å²) in [5.74, 6) is -0.180. The highest BCUT2D eigenvalue weighted by Crippen LogP contribution is 2.31. The summed E-state index contributed by atoms with van der Waals surface area (Å²) in [6, 6.07) is 3.97. The number of hydrogen-bond acceptors (Lipinski definition) is 2. The van der Waals surface area contributed by atoms with Crippen LogP contribution in [0.15, 0.2) is 18.2 Å². The van der Waals surface area contributed by atoms with Crippen molar-refractivity contribution in [2.24, 2.45) is 0 Å². The average molecular weight is 294 g/mol. The second-order valence-electron chi connectivity index (χ2n) is 4.56. The van der Waals surface area contributed by atoms with E-state index in [4.69, 9.17) is 11.6 Å². The molecule has 19 heavy (non-hydrogen) atoms. The predicted molar refractivity (Wildman–Crippen MR) is 70.0 cm³/mol. The molecule has 0 amide bonds. The van der Waals surface area contributed by atoms with Gasteiger partial charge < -0.3 is 4.90 Å². The normalized spacial score (nSPS) is 11.8. The molecule has 0 saturated carbocycles. The second-order valence-corrected chi connectivity index (χ2v) is 4.97. The van der Waals surface area contributed by atoms with E-state index >= 15 is 0 Å². The first-order chi connectivity index (χ1) is 8.61. The van der Waals surface area contributed by atoms with Crippen LogP contribution in [0.1, 0.15) is 31.1 Å². The lowest BCUT2D eigenvalue weighted by Crippen LogP contribution is -2.39. The van der Waals surface area contributed by atoms with Crippen LogP contribution in [0.2, 0.25) is 5.02 Å². The smallest absolute Gasteiger partial charge is 0.359 e. The van der Waals surface area contributed by atoms with Gasteiger partial charge in [0, 0.05) is 11.6 Å². The molecule has 1 aromatic rings. The summed E-state index contributed by atoms with van der Waals surface area (Å²) >= 11 is 5.98. The quantitative estimate of drug-likeness (QED) is 0.771. The molecule has 0 N–H and O–H groups in total. The molecule has 0 heterocycles. The maximum absolute atomic E-state index is 12.6. The maximum Gasteiger partial charge on any atom is 0.405 e. The van der Waals surface area contributed by atoms with E-state index in [1.807, 2.05) is 0 Å². The van der Waals surface area contributed by atoms with Crippen molar-refractivity contribution in [3.8, 4) is 0 Å². The van der Waals surface area contributed by atoms with Gasteiger partial charge in [-0.1, -0.05) is 11.6 Å². The molecule has 1 rings (SSSR count). The van der Waals surface area contributed by atoms with Gasteiger partial charge in [-0.3, -0.25) is 4.79 Å². The van der Waals surface area contributed by atoms with Gasteiger partial charge in [0.25, 0.3) is 0 Å². The Balaban J connectivity index is 3.14. The van der Waals surface area contributed by atoms with Crippen molar-refractivity contribution in [1.29, 1.82) is 0 Å². The summed E-state index contributed by atoms with van der Waals surface area (Å²) in [4.78, 5) is 12.3. The molecule has 1 aromatic carbocycles. The highest BCUT2D eigenvalue weighted by molar-refractivity contribution is 6.33. The van der Waals surface area contributed by atoms with Crippen LogP contribution in [-0.4, -0.2) is 24.5 Å². The van der Waals surface area contributed by atoms with Crippen LogP contribution in [0.3, 0.4) is 0 Å². The summed E-state index contributed by atoms with van der Waals surface area (Å²) in [6.07, 6.45) is -4.31. The molecule has 2 nitrogen and oxygen atoms in total. The van der Waals surface area contributed by atoms with E-state index in [-0.39, 0.29) is 22.5 Å². The van der Waals surface area contributed by atoms with Gasteiger partial charge in [-0.25, -0.2) is 0 Å². The number of rotatable bonds is 4. The van der Waals surface area contributed by atoms with Crippen LogP contribution in [0.25, 0.3) is 0 Å². The minimum absolute atomic E-state index is 0.144. The predicted octanol–water partition coefficient (Wildman–Crippen LogP) is 4.32. The first-order valence-electron chi connectivity index (χ1n) is 5.75. The molecule has 0 fully saturated rings. The second kappa shape index (κ2) is 5.82. The molecule has 0 aromatic heterocycles. The molecule has 6 heteroatoms. The monoisotopic (exact) mass is 293 g/mol. The summed E-state index contributed by atoms with van der Waals surface area (Å²) in [5, 5.41) is 0.144. The third-order valence-corrected chi connectivity index (χ3v) is 2.94. The molecule has 0 aliphatic heterocycles. The van der Waals surface area contributed by atoms with E-state index in [1.54, 1.807) is 13.8 Å². The minimum Gasteiger partial charge on any atom is -0.359 e. The Labute approximate surface area is 115 Å². The third-order valence-electron chi connectivity index (χ3n) is 2.64.